The van der Waals surface area contributed by atoms with Crippen LogP contribution in [0.25, 0.3) is 55.0 Å². The van der Waals surface area contributed by atoms with Gasteiger partial charge in [0, 0.05) is 65.1 Å². The van der Waals surface area contributed by atoms with Gasteiger partial charge in [0.15, 0.2) is 5.78 Å². The Bertz CT molecular complexity index is 2340. The van der Waals surface area contributed by atoms with Crippen molar-refractivity contribution in [1.29, 1.82) is 0 Å². The smallest absolute Gasteiger partial charge is 0.216 e. The van der Waals surface area contributed by atoms with Gasteiger partial charge >= 0.3 is 0 Å². The van der Waals surface area contributed by atoms with E-state index in [0.29, 0.717) is 17.5 Å². The fourth-order valence-electron chi connectivity index (χ4n) is 6.94. The second-order valence-corrected chi connectivity index (χ2v) is 16.5. The molecule has 0 atom stereocenters. The molecule has 3 aromatic heterocycles. The summed E-state index contributed by atoms with van der Waals surface area (Å²) in [5.74, 6) is 2.12. The summed E-state index contributed by atoms with van der Waals surface area (Å²) in [5, 5.41) is 15.6. The number of pyridine rings is 1. The van der Waals surface area contributed by atoms with Gasteiger partial charge in [-0.3, -0.25) is 9.78 Å². The monoisotopic (exact) mass is 919 g/mol. The molecule has 6 nitrogen and oxygen atoms in total. The molecule has 1 radical (unpaired) electrons. The van der Waals surface area contributed by atoms with Gasteiger partial charge in [-0.2, -0.15) is 0 Å². The molecule has 0 spiro atoms. The zero-order valence-corrected chi connectivity index (χ0v) is 37.6. The molecule has 55 heavy (non-hydrogen) atoms. The fraction of sp³-hybridized carbons (Fsp3) is 0.458. The normalized spacial score (nSPS) is 12.6. The van der Waals surface area contributed by atoms with E-state index in [1.807, 2.05) is 66.7 Å². The number of aliphatic hydroxyl groups is 1. The van der Waals surface area contributed by atoms with Crippen molar-refractivity contribution in [3.05, 3.63) is 89.1 Å². The van der Waals surface area contributed by atoms with Crippen LogP contribution in [0, 0.1) is 23.8 Å². The van der Waals surface area contributed by atoms with E-state index in [0.717, 1.165) is 75.7 Å². The van der Waals surface area contributed by atoms with Crippen LogP contribution in [0.2, 0.25) is 0 Å². The average Bonchev–Trinajstić information content (AvgIpc) is 3.53. The maximum atomic E-state index is 12.2. The number of ketones is 1. The maximum absolute atomic E-state index is 12.2. The first kappa shape index (κ1) is 43.8. The van der Waals surface area contributed by atoms with E-state index in [1.165, 1.54) is 28.0 Å². The number of rotatable bonds is 11. The average molecular weight is 919 g/mol. The molecule has 6 rings (SSSR count). The summed E-state index contributed by atoms with van der Waals surface area (Å²) in [6.07, 6.45) is 4.75. The van der Waals surface area contributed by atoms with Crippen molar-refractivity contribution in [3.8, 4) is 11.3 Å². The molecular formula is C48H60IrN3O3-. The number of aliphatic hydroxyl groups excluding tert-OH is 1. The number of carbonyl (C=O) groups is 1. The molecule has 0 saturated carbocycles. The Morgan fingerprint density at radius 1 is 0.800 bits per heavy atom. The van der Waals surface area contributed by atoms with Crippen LogP contribution in [0.1, 0.15) is 149 Å². The number of nitrogens with zero attached hydrogens (tertiary/aromatic N) is 3. The summed E-state index contributed by atoms with van der Waals surface area (Å²) in [5.41, 5.74) is 7.15. The van der Waals surface area contributed by atoms with Crippen LogP contribution in [0.15, 0.2) is 64.8 Å². The fourth-order valence-corrected chi connectivity index (χ4v) is 6.94. The van der Waals surface area contributed by atoms with E-state index in [1.54, 1.807) is 0 Å². The Hall–Kier alpha value is -3.93. The van der Waals surface area contributed by atoms with Gasteiger partial charge in [0.2, 0.25) is 5.71 Å². The number of aromatic nitrogens is 3. The van der Waals surface area contributed by atoms with Gasteiger partial charge in [0.25, 0.3) is 0 Å². The number of hydrogen-bond donors (Lipinski definition) is 1. The number of furan rings is 1. The summed E-state index contributed by atoms with van der Waals surface area (Å²) < 4.78 is 6.36. The molecule has 0 aliphatic rings. The number of carbonyl (C=O) groups excluding carboxylic acids is 1. The van der Waals surface area contributed by atoms with E-state index in [4.69, 9.17) is 14.4 Å². The summed E-state index contributed by atoms with van der Waals surface area (Å²) in [7, 11) is 0. The Morgan fingerprint density at radius 3 is 2.02 bits per heavy atom. The van der Waals surface area contributed by atoms with Crippen molar-refractivity contribution >= 4 is 49.5 Å². The molecule has 0 unspecified atom stereocenters. The van der Waals surface area contributed by atoms with Gasteiger partial charge < -0.3 is 9.52 Å². The molecule has 0 amide bonds. The molecule has 0 fully saturated rings. The van der Waals surface area contributed by atoms with Gasteiger partial charge in [-0.1, -0.05) is 118 Å². The first-order valence-corrected chi connectivity index (χ1v) is 20.0. The van der Waals surface area contributed by atoms with Crippen LogP contribution in [-0.4, -0.2) is 25.8 Å². The molecule has 0 aliphatic carbocycles. The third kappa shape index (κ3) is 8.59. The van der Waals surface area contributed by atoms with Gasteiger partial charge in [0.1, 0.15) is 11.6 Å². The Labute approximate surface area is 342 Å². The van der Waals surface area contributed by atoms with Crippen molar-refractivity contribution in [2.75, 3.05) is 0 Å². The van der Waals surface area contributed by atoms with Crippen LogP contribution < -0.4 is 0 Å². The van der Waals surface area contributed by atoms with Crippen molar-refractivity contribution in [2.45, 2.75) is 133 Å². The predicted octanol–water partition coefficient (Wildman–Crippen LogP) is 13.9. The first-order valence-electron chi connectivity index (χ1n) is 20.0. The van der Waals surface area contributed by atoms with Crippen LogP contribution in [0.3, 0.4) is 0 Å². The summed E-state index contributed by atoms with van der Waals surface area (Å²) in [6, 6.07) is 20.7. The van der Waals surface area contributed by atoms with Crippen LogP contribution in [-0.2, 0) is 24.9 Å². The number of hydrogen-bond acceptors (Lipinski definition) is 6. The minimum atomic E-state index is -0.337. The van der Waals surface area contributed by atoms with Gasteiger partial charge in [-0.15, -0.1) is 18.2 Å². The zero-order chi connectivity index (χ0) is 39.7. The molecular weight excluding hydrogens is 859 g/mol. The maximum Gasteiger partial charge on any atom is 0.216 e. The summed E-state index contributed by atoms with van der Waals surface area (Å²) in [4.78, 5) is 27.1. The third-order valence-corrected chi connectivity index (χ3v) is 11.9. The second-order valence-electron chi connectivity index (χ2n) is 16.5. The van der Waals surface area contributed by atoms with Gasteiger partial charge in [-0.05, 0) is 78.5 Å². The number of allylic oxidation sites excluding steroid dienone is 2. The van der Waals surface area contributed by atoms with Gasteiger partial charge in [0.05, 0.1) is 11.1 Å². The molecule has 0 bridgehead atoms. The van der Waals surface area contributed by atoms with E-state index < -0.39 is 0 Å². The Morgan fingerprint density at radius 2 is 1.44 bits per heavy atom. The van der Waals surface area contributed by atoms with Crippen molar-refractivity contribution in [1.82, 2.24) is 15.0 Å². The Balaban J connectivity index is 0.000000320. The Kier molecular flexibility index (Phi) is 13.9. The number of benzene rings is 3. The molecule has 3 aromatic carbocycles. The molecule has 1 N–H and O–H groups in total. The van der Waals surface area contributed by atoms with Crippen molar-refractivity contribution in [2.24, 2.45) is 10.8 Å². The SMILES string of the molecule is CCC(C)(CC)C(=O)/C=C(\O)C(C)(CC)CC.Cc1ccc2c(n1)oc1c(-c3nc(C(C)C)nc4c3ccc3cc(C(C)C)cc(C(C)C)c34)[c-]ccc12.[Ir]. The first-order chi connectivity index (χ1) is 25.5. The second kappa shape index (κ2) is 17.5. The largest absolute Gasteiger partial charge is 0.512 e. The molecule has 3 heterocycles. The summed E-state index contributed by atoms with van der Waals surface area (Å²) >= 11 is 0. The summed E-state index contributed by atoms with van der Waals surface area (Å²) in [6.45, 7) is 27.4. The van der Waals surface area contributed by atoms with E-state index in [-0.39, 0.29) is 48.4 Å². The van der Waals surface area contributed by atoms with E-state index in [9.17, 15) is 9.90 Å². The standard InChI is InChI=1S/C33H32N3O.C15H28O2.Ir/c1-17(2)22-15-21-12-14-25-29(35-32(19(5)6)36-30(25)28(21)27(16-22)18(3)4)26-10-8-9-23-24-13-11-20(7)34-33(24)37-31(23)26;1-7-14(5,8-2)12(16)11-13(17)15(6,9-3)10-4;/h8-9,11-19H,1-7H3;11,16H,7-10H2,1-6H3;/q-1;;/b;12-11-;. The van der Waals surface area contributed by atoms with Crippen LogP contribution >= 0.6 is 0 Å². The molecule has 6 aromatic rings. The van der Waals surface area contributed by atoms with Crippen molar-refractivity contribution < 1.29 is 34.4 Å². The number of aryl methyl sites for hydroxylation is 1. The third-order valence-electron chi connectivity index (χ3n) is 11.9. The zero-order valence-electron chi connectivity index (χ0n) is 35.2. The molecule has 295 valence electrons. The van der Waals surface area contributed by atoms with Crippen LogP contribution in [0.5, 0.6) is 0 Å². The molecule has 0 aliphatic heterocycles. The van der Waals surface area contributed by atoms with E-state index >= 15 is 0 Å². The minimum absolute atomic E-state index is 0. The van der Waals surface area contributed by atoms with Crippen molar-refractivity contribution in [3.63, 3.8) is 0 Å². The topological polar surface area (TPSA) is 89.1 Å². The number of fused-ring (bicyclic) bond motifs is 6. The molecule has 0 saturated heterocycles. The minimum Gasteiger partial charge on any atom is -0.512 e. The van der Waals surface area contributed by atoms with E-state index in [2.05, 4.69) is 82.9 Å². The predicted molar refractivity (Wildman–Crippen MR) is 226 cm³/mol. The molecule has 7 heteroatoms. The van der Waals surface area contributed by atoms with Crippen LogP contribution in [0.4, 0.5) is 0 Å². The quantitative estimate of drug-likeness (QED) is 0.0603. The van der Waals surface area contributed by atoms with Gasteiger partial charge in [-0.25, -0.2) is 9.97 Å².